The third-order valence-electron chi connectivity index (χ3n) is 4.52. The number of rotatable bonds is 8. The third kappa shape index (κ3) is 5.26. The molecule has 0 radical (unpaired) electrons. The van der Waals surface area contributed by atoms with E-state index in [-0.39, 0.29) is 12.1 Å². The van der Waals surface area contributed by atoms with Gasteiger partial charge in [-0.1, -0.05) is 12.1 Å². The lowest BCUT2D eigenvalue weighted by molar-refractivity contribution is -0.384. The summed E-state index contributed by atoms with van der Waals surface area (Å²) in [6.07, 6.45) is 0.344. The number of hydrogen-bond donors (Lipinski definition) is 1. The van der Waals surface area contributed by atoms with Crippen molar-refractivity contribution >= 4 is 23.5 Å². The number of nitrogens with zero attached hydrogens (tertiary/aromatic N) is 1. The molecule has 0 aliphatic carbocycles. The fraction of sp³-hybridized carbons (Fsp3) is 0.500. The number of non-ortho nitro benzene ring substituents is 1. The summed E-state index contributed by atoms with van der Waals surface area (Å²) in [5.74, 6) is -2.68. The molecular weight excluding hydrogens is 372 g/mol. The molecule has 1 aromatic carbocycles. The monoisotopic (exact) mass is 394 g/mol. The van der Waals surface area contributed by atoms with Crippen molar-refractivity contribution in [3.05, 3.63) is 39.9 Å². The van der Waals surface area contributed by atoms with Crippen LogP contribution in [-0.2, 0) is 28.6 Å². The molecule has 1 saturated heterocycles. The molecule has 28 heavy (non-hydrogen) atoms. The van der Waals surface area contributed by atoms with Crippen molar-refractivity contribution in [3.63, 3.8) is 0 Å². The van der Waals surface area contributed by atoms with E-state index in [2.05, 4.69) is 5.32 Å². The summed E-state index contributed by atoms with van der Waals surface area (Å²) in [5.41, 5.74) is 0.303. The fourth-order valence-electron chi connectivity index (χ4n) is 3.02. The number of carbonyl (C=O) groups is 3. The smallest absolute Gasteiger partial charge is 0.329 e. The summed E-state index contributed by atoms with van der Waals surface area (Å²) in [6, 6.07) is 4.19. The van der Waals surface area contributed by atoms with Gasteiger partial charge >= 0.3 is 11.9 Å². The van der Waals surface area contributed by atoms with Crippen LogP contribution in [0.25, 0.3) is 0 Å². The van der Waals surface area contributed by atoms with Gasteiger partial charge in [0.25, 0.3) is 5.69 Å². The van der Waals surface area contributed by atoms with Crippen molar-refractivity contribution in [2.45, 2.75) is 37.3 Å². The first kappa shape index (κ1) is 21.3. The Morgan fingerprint density at radius 1 is 1.25 bits per heavy atom. The van der Waals surface area contributed by atoms with Crippen LogP contribution in [-0.4, -0.2) is 55.7 Å². The van der Waals surface area contributed by atoms with Crippen LogP contribution in [0.15, 0.2) is 24.3 Å². The van der Waals surface area contributed by atoms with Gasteiger partial charge in [-0.15, -0.1) is 0 Å². The Morgan fingerprint density at radius 3 is 2.43 bits per heavy atom. The average molecular weight is 394 g/mol. The summed E-state index contributed by atoms with van der Waals surface area (Å²) in [7, 11) is 2.37. The van der Waals surface area contributed by atoms with E-state index in [1.54, 1.807) is 0 Å². The van der Waals surface area contributed by atoms with Gasteiger partial charge in [0.2, 0.25) is 5.91 Å². The van der Waals surface area contributed by atoms with Gasteiger partial charge < -0.3 is 19.5 Å². The zero-order chi connectivity index (χ0) is 20.7. The van der Waals surface area contributed by atoms with Crippen LogP contribution in [0.3, 0.4) is 0 Å². The highest BCUT2D eigenvalue weighted by molar-refractivity contribution is 5.88. The summed E-state index contributed by atoms with van der Waals surface area (Å²) >= 11 is 0. The SMILES string of the molecule is COC(=O)C[C@@H](c1ccc([N+](=O)[O-])cc1)[C@@H](NC(=O)[C@@H]1CCCO1)C(=O)OC. The summed E-state index contributed by atoms with van der Waals surface area (Å²) in [5, 5.41) is 13.5. The second-order valence-corrected chi connectivity index (χ2v) is 6.25. The molecule has 2 rings (SSSR count). The van der Waals surface area contributed by atoms with Crippen LogP contribution in [0.5, 0.6) is 0 Å². The van der Waals surface area contributed by atoms with E-state index in [4.69, 9.17) is 14.2 Å². The molecule has 0 unspecified atom stereocenters. The second kappa shape index (κ2) is 9.79. The van der Waals surface area contributed by atoms with Gasteiger partial charge in [0.1, 0.15) is 12.1 Å². The lowest BCUT2D eigenvalue weighted by atomic mass is 9.88. The summed E-state index contributed by atoms with van der Waals surface area (Å²) < 4.78 is 14.8. The number of ether oxygens (including phenoxy) is 3. The lowest BCUT2D eigenvalue weighted by Gasteiger charge is -2.26. The predicted molar refractivity (Wildman–Crippen MR) is 95.4 cm³/mol. The van der Waals surface area contributed by atoms with Gasteiger partial charge in [0.05, 0.1) is 25.6 Å². The molecule has 0 aromatic heterocycles. The first-order valence-electron chi connectivity index (χ1n) is 8.68. The van der Waals surface area contributed by atoms with Crippen molar-refractivity contribution in [2.24, 2.45) is 0 Å². The Labute approximate surface area is 161 Å². The fourth-order valence-corrected chi connectivity index (χ4v) is 3.02. The number of nitrogens with one attached hydrogen (secondary N) is 1. The van der Waals surface area contributed by atoms with Gasteiger partial charge in [0, 0.05) is 24.7 Å². The molecule has 0 bridgehead atoms. The van der Waals surface area contributed by atoms with Gasteiger partial charge in [-0.2, -0.15) is 0 Å². The van der Waals surface area contributed by atoms with Crippen molar-refractivity contribution in [1.82, 2.24) is 5.32 Å². The van der Waals surface area contributed by atoms with Crippen LogP contribution in [0.4, 0.5) is 5.69 Å². The van der Waals surface area contributed by atoms with Gasteiger partial charge in [-0.05, 0) is 18.4 Å². The largest absolute Gasteiger partial charge is 0.469 e. The maximum Gasteiger partial charge on any atom is 0.329 e. The number of carbonyl (C=O) groups excluding carboxylic acids is 3. The van der Waals surface area contributed by atoms with Crippen molar-refractivity contribution in [3.8, 4) is 0 Å². The van der Waals surface area contributed by atoms with E-state index < -0.39 is 40.8 Å². The number of benzene rings is 1. The zero-order valence-corrected chi connectivity index (χ0v) is 15.6. The molecule has 1 aliphatic rings. The Balaban J connectivity index is 2.33. The Bertz CT molecular complexity index is 728. The molecule has 10 nitrogen and oxygen atoms in total. The number of nitro groups is 1. The number of nitro benzene ring substituents is 1. The molecule has 10 heteroatoms. The molecule has 1 fully saturated rings. The van der Waals surface area contributed by atoms with Crippen LogP contribution in [0.1, 0.15) is 30.7 Å². The second-order valence-electron chi connectivity index (χ2n) is 6.25. The predicted octanol–water partition coefficient (Wildman–Crippen LogP) is 1.08. The van der Waals surface area contributed by atoms with Gasteiger partial charge in [0.15, 0.2) is 0 Å². The topological polar surface area (TPSA) is 134 Å². The Hall–Kier alpha value is -3.01. The zero-order valence-electron chi connectivity index (χ0n) is 15.6. The molecule has 1 N–H and O–H groups in total. The Morgan fingerprint density at radius 2 is 1.93 bits per heavy atom. The summed E-state index contributed by atoms with van der Waals surface area (Å²) in [4.78, 5) is 47.1. The maximum absolute atomic E-state index is 12.5. The minimum atomic E-state index is -1.19. The minimum Gasteiger partial charge on any atom is -0.469 e. The first-order chi connectivity index (χ1) is 13.4. The van der Waals surface area contributed by atoms with E-state index in [0.717, 1.165) is 6.42 Å². The van der Waals surface area contributed by atoms with E-state index in [0.29, 0.717) is 18.6 Å². The van der Waals surface area contributed by atoms with Gasteiger partial charge in [-0.25, -0.2) is 4.79 Å². The molecule has 1 amide bonds. The Kier molecular flexibility index (Phi) is 7.44. The van der Waals surface area contributed by atoms with E-state index in [1.165, 1.54) is 38.5 Å². The molecular formula is C18H22N2O8. The van der Waals surface area contributed by atoms with Gasteiger partial charge in [-0.3, -0.25) is 19.7 Å². The van der Waals surface area contributed by atoms with Crippen LogP contribution < -0.4 is 5.32 Å². The molecule has 1 aromatic rings. The van der Waals surface area contributed by atoms with E-state index in [1.807, 2.05) is 0 Å². The molecule has 152 valence electrons. The standard InChI is InChI=1S/C18H22N2O8/c1-26-15(21)10-13(11-5-7-12(8-6-11)20(24)25)16(18(23)27-2)19-17(22)14-4-3-9-28-14/h5-8,13-14,16H,3-4,9-10H2,1-2H3,(H,19,22)/t13-,14-,16+/m0/s1. The van der Waals surface area contributed by atoms with Crippen LogP contribution in [0, 0.1) is 10.1 Å². The quantitative estimate of drug-likeness (QED) is 0.393. The van der Waals surface area contributed by atoms with Crippen molar-refractivity contribution in [1.29, 1.82) is 0 Å². The number of esters is 2. The molecule has 0 spiro atoms. The van der Waals surface area contributed by atoms with E-state index >= 15 is 0 Å². The number of methoxy groups -OCH3 is 2. The van der Waals surface area contributed by atoms with Crippen molar-refractivity contribution < 1.29 is 33.5 Å². The lowest BCUT2D eigenvalue weighted by Crippen LogP contribution is -2.49. The maximum atomic E-state index is 12.5. The average Bonchev–Trinajstić information content (AvgIpc) is 3.24. The normalized spacial score (nSPS) is 18.0. The minimum absolute atomic E-state index is 0.140. The number of amides is 1. The van der Waals surface area contributed by atoms with E-state index in [9.17, 15) is 24.5 Å². The third-order valence-corrected chi connectivity index (χ3v) is 4.52. The highest BCUT2D eigenvalue weighted by Gasteiger charge is 2.36. The summed E-state index contributed by atoms with van der Waals surface area (Å²) in [6.45, 7) is 0.453. The molecule has 0 saturated carbocycles. The van der Waals surface area contributed by atoms with Crippen molar-refractivity contribution in [2.75, 3.05) is 20.8 Å². The molecule has 1 heterocycles. The van der Waals surface area contributed by atoms with Crippen LogP contribution >= 0.6 is 0 Å². The van der Waals surface area contributed by atoms with Crippen LogP contribution in [0.2, 0.25) is 0 Å². The highest BCUT2D eigenvalue weighted by atomic mass is 16.6. The molecule has 1 aliphatic heterocycles. The highest BCUT2D eigenvalue weighted by Crippen LogP contribution is 2.27. The molecule has 3 atom stereocenters. The number of hydrogen-bond acceptors (Lipinski definition) is 8. The first-order valence-corrected chi connectivity index (χ1v) is 8.68.